The second-order valence-electron chi connectivity index (χ2n) is 6.17. The maximum absolute atomic E-state index is 11.2. The molecule has 1 rings (SSSR count). The van der Waals surface area contributed by atoms with Crippen molar-refractivity contribution in [3.05, 3.63) is 17.7 Å². The number of aliphatic carboxylic acids is 1. The normalized spacial score (nSPS) is 13.2. The number of carbonyl (C=O) groups is 1. The summed E-state index contributed by atoms with van der Waals surface area (Å²) in [6.45, 7) is 2.28. The molecular formula is C19H31NO5. The number of ether oxygens (including phenoxy) is 3. The van der Waals surface area contributed by atoms with Gasteiger partial charge in [-0.1, -0.05) is 25.8 Å². The molecule has 1 aromatic carbocycles. The van der Waals surface area contributed by atoms with E-state index in [4.69, 9.17) is 19.9 Å². The maximum atomic E-state index is 11.2. The van der Waals surface area contributed by atoms with Crippen LogP contribution in [-0.4, -0.2) is 38.9 Å². The number of hydrogen-bond acceptors (Lipinski definition) is 5. The Balaban J connectivity index is 2.72. The van der Waals surface area contributed by atoms with Crippen LogP contribution >= 0.6 is 0 Å². The maximum Gasteiger partial charge on any atom is 0.307 e. The number of benzene rings is 1. The number of carboxylic acid groups (broad SMARTS) is 1. The molecule has 6 heteroatoms. The number of nitrogens with two attached hydrogens (primary N) is 1. The minimum absolute atomic E-state index is 0.190. The molecule has 0 bridgehead atoms. The predicted molar refractivity (Wildman–Crippen MR) is 97.6 cm³/mol. The minimum Gasteiger partial charge on any atom is -0.493 e. The van der Waals surface area contributed by atoms with Gasteiger partial charge in [0.1, 0.15) is 0 Å². The van der Waals surface area contributed by atoms with E-state index in [1.807, 2.05) is 12.1 Å². The molecule has 142 valence electrons. The Hall–Kier alpha value is -1.95. The Labute approximate surface area is 150 Å². The zero-order valence-corrected chi connectivity index (χ0v) is 15.7. The number of carboxylic acids is 1. The van der Waals surface area contributed by atoms with Crippen LogP contribution in [0.2, 0.25) is 0 Å². The van der Waals surface area contributed by atoms with E-state index in [9.17, 15) is 9.90 Å². The van der Waals surface area contributed by atoms with Crippen LogP contribution in [0.1, 0.15) is 38.2 Å². The van der Waals surface area contributed by atoms with E-state index in [1.165, 1.54) is 0 Å². The zero-order chi connectivity index (χ0) is 18.8. The molecule has 0 aromatic heterocycles. The van der Waals surface area contributed by atoms with E-state index in [0.717, 1.165) is 31.2 Å². The minimum atomic E-state index is -0.803. The highest BCUT2D eigenvalue weighted by Gasteiger charge is 2.21. The van der Waals surface area contributed by atoms with Gasteiger partial charge in [-0.05, 0) is 36.8 Å². The number of aryl methyl sites for hydroxylation is 1. The van der Waals surface area contributed by atoms with Crippen LogP contribution in [0.15, 0.2) is 12.1 Å². The van der Waals surface area contributed by atoms with Crippen molar-refractivity contribution in [3.8, 4) is 17.2 Å². The average molecular weight is 353 g/mol. The predicted octanol–water partition coefficient (Wildman–Crippen LogP) is 3.11. The fraction of sp³-hybridized carbons (Fsp3) is 0.632. The highest BCUT2D eigenvalue weighted by Crippen LogP contribution is 2.40. The summed E-state index contributed by atoms with van der Waals surface area (Å²) in [5.74, 6) is 1.03. The van der Waals surface area contributed by atoms with Gasteiger partial charge in [0, 0.05) is 6.54 Å². The van der Waals surface area contributed by atoms with Gasteiger partial charge in [0.15, 0.2) is 11.5 Å². The Morgan fingerprint density at radius 1 is 1.16 bits per heavy atom. The van der Waals surface area contributed by atoms with Crippen molar-refractivity contribution >= 4 is 5.97 Å². The first-order valence-electron chi connectivity index (χ1n) is 8.72. The van der Waals surface area contributed by atoms with Crippen molar-refractivity contribution in [1.82, 2.24) is 0 Å². The van der Waals surface area contributed by atoms with Crippen LogP contribution in [0.25, 0.3) is 0 Å². The van der Waals surface area contributed by atoms with E-state index in [-0.39, 0.29) is 6.54 Å². The second-order valence-corrected chi connectivity index (χ2v) is 6.17. The monoisotopic (exact) mass is 353 g/mol. The van der Waals surface area contributed by atoms with Gasteiger partial charge in [-0.15, -0.1) is 0 Å². The Morgan fingerprint density at radius 2 is 1.84 bits per heavy atom. The molecule has 0 aliphatic heterocycles. The molecule has 0 saturated heterocycles. The van der Waals surface area contributed by atoms with Crippen molar-refractivity contribution in [2.75, 3.05) is 27.9 Å². The molecule has 2 atom stereocenters. The number of rotatable bonds is 12. The summed E-state index contributed by atoms with van der Waals surface area (Å²) >= 11 is 0. The topological polar surface area (TPSA) is 91.0 Å². The third-order valence-electron chi connectivity index (χ3n) is 4.67. The number of hydrogen-bond donors (Lipinski definition) is 2. The van der Waals surface area contributed by atoms with Crippen LogP contribution in [-0.2, 0) is 11.2 Å². The van der Waals surface area contributed by atoms with Gasteiger partial charge < -0.3 is 25.1 Å². The van der Waals surface area contributed by atoms with Crippen LogP contribution in [0, 0.1) is 11.8 Å². The van der Waals surface area contributed by atoms with E-state index in [0.29, 0.717) is 29.6 Å². The average Bonchev–Trinajstić information content (AvgIpc) is 2.63. The molecule has 0 amide bonds. The molecule has 3 N–H and O–H groups in total. The summed E-state index contributed by atoms with van der Waals surface area (Å²) in [6.07, 6.45) is 4.32. The van der Waals surface area contributed by atoms with Crippen LogP contribution in [0.3, 0.4) is 0 Å². The molecule has 0 spiro atoms. The van der Waals surface area contributed by atoms with Crippen molar-refractivity contribution in [2.24, 2.45) is 17.6 Å². The quantitative estimate of drug-likeness (QED) is 0.600. The molecule has 25 heavy (non-hydrogen) atoms. The highest BCUT2D eigenvalue weighted by molar-refractivity contribution is 5.70. The second kappa shape index (κ2) is 10.8. The molecule has 0 aliphatic rings. The SMILES string of the molecule is CCC(CCCc1ccc(OC)c(OC)c1OC)CC(CN)C(=O)O. The van der Waals surface area contributed by atoms with Gasteiger partial charge in [0.05, 0.1) is 27.2 Å². The first kappa shape index (κ1) is 21.1. The molecular weight excluding hydrogens is 322 g/mol. The van der Waals surface area contributed by atoms with Gasteiger partial charge in [-0.25, -0.2) is 0 Å². The lowest BCUT2D eigenvalue weighted by Crippen LogP contribution is -2.25. The fourth-order valence-electron chi connectivity index (χ4n) is 3.13. The van der Waals surface area contributed by atoms with Gasteiger partial charge in [0.25, 0.3) is 0 Å². The summed E-state index contributed by atoms with van der Waals surface area (Å²) in [5.41, 5.74) is 6.63. The molecule has 0 radical (unpaired) electrons. The summed E-state index contributed by atoms with van der Waals surface area (Å²) in [4.78, 5) is 11.2. The van der Waals surface area contributed by atoms with Crippen LogP contribution < -0.4 is 19.9 Å². The van der Waals surface area contributed by atoms with Gasteiger partial charge in [-0.2, -0.15) is 0 Å². The van der Waals surface area contributed by atoms with Crippen LogP contribution in [0.5, 0.6) is 17.2 Å². The zero-order valence-electron chi connectivity index (χ0n) is 15.7. The molecule has 0 heterocycles. The first-order chi connectivity index (χ1) is 12.0. The standard InChI is InChI=1S/C19H31NO5/c1-5-13(11-15(12-20)19(21)22)7-6-8-14-9-10-16(23-2)18(25-4)17(14)24-3/h9-10,13,15H,5-8,11-12,20H2,1-4H3,(H,21,22). The largest absolute Gasteiger partial charge is 0.493 e. The molecule has 1 aromatic rings. The lowest BCUT2D eigenvalue weighted by Gasteiger charge is -2.19. The van der Waals surface area contributed by atoms with E-state index < -0.39 is 11.9 Å². The molecule has 2 unspecified atom stereocenters. The van der Waals surface area contributed by atoms with E-state index >= 15 is 0 Å². The fourth-order valence-corrected chi connectivity index (χ4v) is 3.13. The van der Waals surface area contributed by atoms with Crippen molar-refractivity contribution < 1.29 is 24.1 Å². The smallest absolute Gasteiger partial charge is 0.307 e. The molecule has 6 nitrogen and oxygen atoms in total. The van der Waals surface area contributed by atoms with Gasteiger partial charge >= 0.3 is 5.97 Å². The van der Waals surface area contributed by atoms with E-state index in [2.05, 4.69) is 6.92 Å². The van der Waals surface area contributed by atoms with Crippen molar-refractivity contribution in [1.29, 1.82) is 0 Å². The summed E-state index contributed by atoms with van der Waals surface area (Å²) in [7, 11) is 4.81. The summed E-state index contributed by atoms with van der Waals surface area (Å²) in [5, 5.41) is 9.17. The summed E-state index contributed by atoms with van der Waals surface area (Å²) in [6, 6.07) is 3.87. The van der Waals surface area contributed by atoms with Gasteiger partial charge in [-0.3, -0.25) is 4.79 Å². The third-order valence-corrected chi connectivity index (χ3v) is 4.67. The lowest BCUT2D eigenvalue weighted by molar-refractivity contribution is -0.142. The van der Waals surface area contributed by atoms with Gasteiger partial charge in [0.2, 0.25) is 5.75 Å². The highest BCUT2D eigenvalue weighted by atomic mass is 16.5. The van der Waals surface area contributed by atoms with Crippen LogP contribution in [0.4, 0.5) is 0 Å². The van der Waals surface area contributed by atoms with Crippen molar-refractivity contribution in [3.63, 3.8) is 0 Å². The molecule has 0 aliphatic carbocycles. The lowest BCUT2D eigenvalue weighted by atomic mass is 9.88. The van der Waals surface area contributed by atoms with Crippen molar-refractivity contribution in [2.45, 2.75) is 39.0 Å². The number of methoxy groups -OCH3 is 3. The Bertz CT molecular complexity index is 547. The first-order valence-corrected chi connectivity index (χ1v) is 8.72. The Kier molecular flexibility index (Phi) is 9.13. The molecule has 0 fully saturated rings. The Morgan fingerprint density at radius 3 is 2.32 bits per heavy atom. The van der Waals surface area contributed by atoms with E-state index in [1.54, 1.807) is 21.3 Å². The molecule has 0 saturated carbocycles. The third kappa shape index (κ3) is 5.81. The summed E-state index contributed by atoms with van der Waals surface area (Å²) < 4.78 is 16.2.